The van der Waals surface area contributed by atoms with E-state index in [9.17, 15) is 13.9 Å². The fourth-order valence-electron chi connectivity index (χ4n) is 1.59. The molecule has 0 aliphatic carbocycles. The summed E-state index contributed by atoms with van der Waals surface area (Å²) in [6.07, 6.45) is -0.170. The number of halogens is 2. The first-order valence-electron chi connectivity index (χ1n) is 4.92. The summed E-state index contributed by atoms with van der Waals surface area (Å²) in [6, 6.07) is 3.22. The van der Waals surface area contributed by atoms with Gasteiger partial charge in [-0.1, -0.05) is 6.92 Å². The number of nitrogens with two attached hydrogens (primary N) is 1. The lowest BCUT2D eigenvalue weighted by Crippen LogP contribution is -2.25. The lowest BCUT2D eigenvalue weighted by Gasteiger charge is -2.20. The van der Waals surface area contributed by atoms with Gasteiger partial charge in [-0.2, -0.15) is 0 Å². The largest absolute Gasteiger partial charge is 0.392 e. The van der Waals surface area contributed by atoms with Gasteiger partial charge >= 0.3 is 0 Å². The van der Waals surface area contributed by atoms with Gasteiger partial charge in [-0.05, 0) is 24.1 Å². The minimum Gasteiger partial charge on any atom is -0.392 e. The third kappa shape index (κ3) is 2.97. The molecule has 3 N–H and O–H groups in total. The molecule has 2 nitrogen and oxygen atoms in total. The monoisotopic (exact) mass is 215 g/mol. The van der Waals surface area contributed by atoms with Crippen molar-refractivity contribution in [1.29, 1.82) is 0 Å². The summed E-state index contributed by atoms with van der Waals surface area (Å²) < 4.78 is 25.9. The number of rotatable bonds is 4. The predicted molar refractivity (Wildman–Crippen MR) is 54.5 cm³/mol. The van der Waals surface area contributed by atoms with Gasteiger partial charge in [-0.15, -0.1) is 0 Å². The zero-order valence-corrected chi connectivity index (χ0v) is 8.58. The smallest absolute Gasteiger partial charge is 0.126 e. The molecule has 4 heteroatoms. The maximum Gasteiger partial charge on any atom is 0.126 e. The van der Waals surface area contributed by atoms with Crippen LogP contribution in [0.1, 0.15) is 24.8 Å². The molecule has 0 radical (unpaired) electrons. The minimum absolute atomic E-state index is 0.165. The Balaban J connectivity index is 3.01. The van der Waals surface area contributed by atoms with Gasteiger partial charge in [0, 0.05) is 18.5 Å². The van der Waals surface area contributed by atoms with Crippen LogP contribution in [0.2, 0.25) is 0 Å². The number of benzene rings is 1. The van der Waals surface area contributed by atoms with Crippen molar-refractivity contribution in [3.63, 3.8) is 0 Å². The topological polar surface area (TPSA) is 46.2 Å². The van der Waals surface area contributed by atoms with E-state index in [2.05, 4.69) is 0 Å². The van der Waals surface area contributed by atoms with Crippen LogP contribution in [0.25, 0.3) is 0 Å². The molecule has 1 rings (SSSR count). The standard InChI is InChI=1S/C11H15F2NO/c1-2-11(15)10(6-14)7-3-8(12)5-9(13)4-7/h3-5,10-11,15H,2,6,14H2,1H3. The summed E-state index contributed by atoms with van der Waals surface area (Å²) in [5, 5.41) is 9.63. The minimum atomic E-state index is -0.670. The second kappa shape index (κ2) is 5.19. The quantitative estimate of drug-likeness (QED) is 0.804. The Hall–Kier alpha value is -1.00. The lowest BCUT2D eigenvalue weighted by molar-refractivity contribution is 0.141. The van der Waals surface area contributed by atoms with Gasteiger partial charge in [0.25, 0.3) is 0 Å². The van der Waals surface area contributed by atoms with Crippen molar-refractivity contribution < 1.29 is 13.9 Å². The summed E-state index contributed by atoms with van der Waals surface area (Å²) in [6.45, 7) is 1.96. The van der Waals surface area contributed by atoms with Gasteiger partial charge < -0.3 is 10.8 Å². The molecule has 0 spiro atoms. The van der Waals surface area contributed by atoms with Crippen molar-refractivity contribution in [2.24, 2.45) is 5.73 Å². The van der Waals surface area contributed by atoms with Gasteiger partial charge in [0.15, 0.2) is 0 Å². The van der Waals surface area contributed by atoms with Crippen molar-refractivity contribution in [1.82, 2.24) is 0 Å². The highest BCUT2D eigenvalue weighted by Crippen LogP contribution is 2.22. The van der Waals surface area contributed by atoms with E-state index < -0.39 is 23.7 Å². The Morgan fingerprint density at radius 1 is 1.27 bits per heavy atom. The number of hydrogen-bond acceptors (Lipinski definition) is 2. The van der Waals surface area contributed by atoms with E-state index in [4.69, 9.17) is 5.73 Å². The molecule has 0 amide bonds. The van der Waals surface area contributed by atoms with E-state index in [-0.39, 0.29) is 6.54 Å². The Morgan fingerprint density at radius 2 is 1.80 bits per heavy atom. The van der Waals surface area contributed by atoms with Crippen LogP contribution in [-0.2, 0) is 0 Å². The van der Waals surface area contributed by atoms with Crippen LogP contribution in [0.4, 0.5) is 8.78 Å². The molecule has 2 unspecified atom stereocenters. The summed E-state index contributed by atoms with van der Waals surface area (Å²) in [7, 11) is 0. The van der Waals surface area contributed by atoms with E-state index in [1.165, 1.54) is 12.1 Å². The molecule has 0 fully saturated rings. The number of aliphatic hydroxyl groups is 1. The third-order valence-electron chi connectivity index (χ3n) is 2.45. The zero-order chi connectivity index (χ0) is 11.4. The molecule has 0 saturated carbocycles. The Kier molecular flexibility index (Phi) is 4.17. The number of hydrogen-bond donors (Lipinski definition) is 2. The van der Waals surface area contributed by atoms with Gasteiger partial charge in [0.2, 0.25) is 0 Å². The van der Waals surface area contributed by atoms with Crippen molar-refractivity contribution in [2.75, 3.05) is 6.54 Å². The SMILES string of the molecule is CCC(O)C(CN)c1cc(F)cc(F)c1. The third-order valence-corrected chi connectivity index (χ3v) is 2.45. The van der Waals surface area contributed by atoms with E-state index in [1.54, 1.807) is 6.92 Å². The van der Waals surface area contributed by atoms with Crippen LogP contribution in [0.3, 0.4) is 0 Å². The maximum absolute atomic E-state index is 12.9. The zero-order valence-electron chi connectivity index (χ0n) is 8.58. The molecular formula is C11H15F2NO. The molecule has 1 aromatic rings. The molecule has 84 valence electrons. The summed E-state index contributed by atoms with van der Waals surface area (Å²) >= 11 is 0. The van der Waals surface area contributed by atoms with Crippen molar-refractivity contribution in [3.8, 4) is 0 Å². The average Bonchev–Trinajstić information content (AvgIpc) is 2.17. The molecule has 15 heavy (non-hydrogen) atoms. The fourth-order valence-corrected chi connectivity index (χ4v) is 1.59. The summed E-state index contributed by atoms with van der Waals surface area (Å²) in [4.78, 5) is 0. The summed E-state index contributed by atoms with van der Waals surface area (Å²) in [5.74, 6) is -1.71. The lowest BCUT2D eigenvalue weighted by atomic mass is 9.92. The molecule has 1 aromatic carbocycles. The van der Waals surface area contributed by atoms with E-state index in [0.29, 0.717) is 12.0 Å². The van der Waals surface area contributed by atoms with Gasteiger partial charge in [0.05, 0.1) is 6.10 Å². The van der Waals surface area contributed by atoms with Gasteiger partial charge in [0.1, 0.15) is 11.6 Å². The van der Waals surface area contributed by atoms with Crippen molar-refractivity contribution in [3.05, 3.63) is 35.4 Å². The highest BCUT2D eigenvalue weighted by Gasteiger charge is 2.19. The molecule has 0 aliphatic heterocycles. The van der Waals surface area contributed by atoms with E-state index in [0.717, 1.165) is 6.07 Å². The van der Waals surface area contributed by atoms with Crippen molar-refractivity contribution in [2.45, 2.75) is 25.4 Å². The first-order chi connectivity index (χ1) is 7.08. The molecule has 0 heterocycles. The van der Waals surface area contributed by atoms with Crippen LogP contribution in [0.15, 0.2) is 18.2 Å². The Labute approximate surface area is 87.7 Å². The van der Waals surface area contributed by atoms with Crippen LogP contribution >= 0.6 is 0 Å². The van der Waals surface area contributed by atoms with Gasteiger partial charge in [-0.3, -0.25) is 0 Å². The predicted octanol–water partition coefficient (Wildman–Crippen LogP) is 1.78. The van der Waals surface area contributed by atoms with Crippen LogP contribution in [0.5, 0.6) is 0 Å². The van der Waals surface area contributed by atoms with Crippen LogP contribution in [-0.4, -0.2) is 17.8 Å². The van der Waals surface area contributed by atoms with E-state index in [1.807, 2.05) is 0 Å². The Morgan fingerprint density at radius 3 is 2.20 bits per heavy atom. The van der Waals surface area contributed by atoms with Crippen molar-refractivity contribution >= 4 is 0 Å². The highest BCUT2D eigenvalue weighted by molar-refractivity contribution is 5.23. The molecule has 0 aliphatic rings. The highest BCUT2D eigenvalue weighted by atomic mass is 19.1. The normalized spacial score (nSPS) is 15.0. The Bertz CT molecular complexity index is 310. The first-order valence-corrected chi connectivity index (χ1v) is 4.92. The fraction of sp³-hybridized carbons (Fsp3) is 0.455. The molecular weight excluding hydrogens is 200 g/mol. The maximum atomic E-state index is 12.9. The van der Waals surface area contributed by atoms with Gasteiger partial charge in [-0.25, -0.2) is 8.78 Å². The second-order valence-electron chi connectivity index (χ2n) is 3.52. The molecule has 0 bridgehead atoms. The molecule has 0 aromatic heterocycles. The molecule has 2 atom stereocenters. The van der Waals surface area contributed by atoms with E-state index >= 15 is 0 Å². The molecule has 0 saturated heterocycles. The number of aliphatic hydroxyl groups excluding tert-OH is 1. The summed E-state index contributed by atoms with van der Waals surface area (Å²) in [5.41, 5.74) is 5.88. The average molecular weight is 215 g/mol. The first kappa shape index (κ1) is 12.1. The van der Waals surface area contributed by atoms with Crippen LogP contribution < -0.4 is 5.73 Å². The second-order valence-corrected chi connectivity index (χ2v) is 3.52. The van der Waals surface area contributed by atoms with Crippen LogP contribution in [0, 0.1) is 11.6 Å².